The summed E-state index contributed by atoms with van der Waals surface area (Å²) in [6, 6.07) is 6.94. The Hall–Kier alpha value is -2.36. The number of thiazole rings is 1. The van der Waals surface area contributed by atoms with E-state index in [0.717, 1.165) is 20.1 Å². The summed E-state index contributed by atoms with van der Waals surface area (Å²) in [5, 5.41) is 7.62. The highest BCUT2D eigenvalue weighted by Crippen LogP contribution is 2.32. The van der Waals surface area contributed by atoms with E-state index in [0.29, 0.717) is 17.1 Å². The zero-order valence-electron chi connectivity index (χ0n) is 15.4. The fourth-order valence-corrected chi connectivity index (χ4v) is 5.17. The maximum Gasteiger partial charge on any atom is 0.226 e. The zero-order valence-corrected chi connectivity index (χ0v) is 18.6. The predicted molar refractivity (Wildman–Crippen MR) is 117 cm³/mol. The van der Waals surface area contributed by atoms with Crippen LogP contribution in [0.5, 0.6) is 0 Å². The molecule has 0 aliphatic heterocycles. The van der Waals surface area contributed by atoms with Gasteiger partial charge in [0.05, 0.1) is 22.7 Å². The Bertz CT molecular complexity index is 1170. The zero-order chi connectivity index (χ0) is 20.4. The lowest BCUT2D eigenvalue weighted by molar-refractivity contribution is -0.120. The molecule has 4 aromatic rings. The van der Waals surface area contributed by atoms with Gasteiger partial charge in [-0.05, 0) is 46.6 Å². The highest BCUT2D eigenvalue weighted by atomic mass is 79.9. The van der Waals surface area contributed by atoms with Crippen molar-refractivity contribution in [1.82, 2.24) is 19.9 Å². The standard InChI is InChI=1S/C20H16BrFN4OS2/c1-12-23-4-5-26(12)17-3-2-13(6-16(17)22)9-24-19(27)8-15-11-29-20(25-15)18-7-14(21)10-28-18/h2-7,10-11H,8-9H2,1H3,(H,24,27). The van der Waals surface area contributed by atoms with Crippen molar-refractivity contribution in [1.29, 1.82) is 0 Å². The van der Waals surface area contributed by atoms with Gasteiger partial charge < -0.3 is 9.88 Å². The topological polar surface area (TPSA) is 59.8 Å². The maximum atomic E-state index is 14.5. The van der Waals surface area contributed by atoms with Crippen LogP contribution >= 0.6 is 38.6 Å². The molecule has 148 valence electrons. The smallest absolute Gasteiger partial charge is 0.226 e. The summed E-state index contributed by atoms with van der Waals surface area (Å²) >= 11 is 6.56. The summed E-state index contributed by atoms with van der Waals surface area (Å²) in [6.07, 6.45) is 3.54. The number of thiophene rings is 1. The van der Waals surface area contributed by atoms with Crippen molar-refractivity contribution in [3.05, 3.63) is 74.8 Å². The van der Waals surface area contributed by atoms with Gasteiger partial charge in [0.2, 0.25) is 5.91 Å². The average molecular weight is 491 g/mol. The van der Waals surface area contributed by atoms with E-state index >= 15 is 0 Å². The van der Waals surface area contributed by atoms with Crippen molar-refractivity contribution >= 4 is 44.5 Å². The number of nitrogens with one attached hydrogen (secondary N) is 1. The summed E-state index contributed by atoms with van der Waals surface area (Å²) in [4.78, 5) is 22.0. The molecule has 0 aliphatic carbocycles. The van der Waals surface area contributed by atoms with E-state index in [1.165, 1.54) is 17.4 Å². The van der Waals surface area contributed by atoms with Gasteiger partial charge in [-0.15, -0.1) is 22.7 Å². The van der Waals surface area contributed by atoms with Crippen molar-refractivity contribution in [2.24, 2.45) is 0 Å². The van der Waals surface area contributed by atoms with Gasteiger partial charge in [0.15, 0.2) is 0 Å². The number of aromatic nitrogens is 3. The summed E-state index contributed by atoms with van der Waals surface area (Å²) in [6.45, 7) is 2.07. The van der Waals surface area contributed by atoms with Crippen molar-refractivity contribution in [2.45, 2.75) is 19.9 Å². The van der Waals surface area contributed by atoms with Crippen molar-refractivity contribution in [3.8, 4) is 15.6 Å². The van der Waals surface area contributed by atoms with Gasteiger partial charge in [-0.25, -0.2) is 14.4 Å². The van der Waals surface area contributed by atoms with E-state index in [1.807, 2.05) is 23.8 Å². The van der Waals surface area contributed by atoms with Crippen LogP contribution in [0.15, 0.2) is 51.9 Å². The molecule has 29 heavy (non-hydrogen) atoms. The third kappa shape index (κ3) is 4.63. The molecule has 0 unspecified atom stereocenters. The lowest BCUT2D eigenvalue weighted by Gasteiger charge is -2.09. The van der Waals surface area contributed by atoms with E-state index in [1.54, 1.807) is 40.4 Å². The summed E-state index contributed by atoms with van der Waals surface area (Å²) in [5.74, 6) is 0.204. The first kappa shape index (κ1) is 19.9. The number of benzene rings is 1. The molecule has 1 N–H and O–H groups in total. The Morgan fingerprint density at radius 3 is 2.83 bits per heavy atom. The van der Waals surface area contributed by atoms with E-state index in [4.69, 9.17) is 0 Å². The molecule has 0 saturated heterocycles. The van der Waals surface area contributed by atoms with Crippen molar-refractivity contribution in [3.63, 3.8) is 0 Å². The van der Waals surface area contributed by atoms with Gasteiger partial charge in [-0.2, -0.15) is 0 Å². The van der Waals surface area contributed by atoms with E-state index in [9.17, 15) is 9.18 Å². The number of carbonyl (C=O) groups excluding carboxylic acids is 1. The Balaban J connectivity index is 1.36. The van der Waals surface area contributed by atoms with Crippen LogP contribution in [0.3, 0.4) is 0 Å². The SMILES string of the molecule is Cc1nccn1-c1ccc(CNC(=O)Cc2csc(-c3cc(Br)cs3)n2)cc1F. The number of carbonyl (C=O) groups is 1. The number of aryl methyl sites for hydroxylation is 1. The molecule has 3 aromatic heterocycles. The van der Waals surface area contributed by atoms with Crippen LogP contribution in [0.1, 0.15) is 17.1 Å². The van der Waals surface area contributed by atoms with Crippen LogP contribution < -0.4 is 5.32 Å². The van der Waals surface area contributed by atoms with Crippen LogP contribution in [0.25, 0.3) is 15.6 Å². The minimum Gasteiger partial charge on any atom is -0.352 e. The molecular formula is C20H16BrFN4OS2. The number of hydrogen-bond donors (Lipinski definition) is 1. The fraction of sp³-hybridized carbons (Fsp3) is 0.150. The molecule has 0 fully saturated rings. The predicted octanol–water partition coefficient (Wildman–Crippen LogP) is 5.13. The minimum atomic E-state index is -0.357. The minimum absolute atomic E-state index is 0.149. The fourth-order valence-electron chi connectivity index (χ4n) is 2.84. The number of amides is 1. The summed E-state index contributed by atoms with van der Waals surface area (Å²) < 4.78 is 17.2. The van der Waals surface area contributed by atoms with Crippen molar-refractivity contribution < 1.29 is 9.18 Å². The third-order valence-electron chi connectivity index (χ3n) is 4.26. The van der Waals surface area contributed by atoms with Gasteiger partial charge in [-0.3, -0.25) is 4.79 Å². The second kappa shape index (κ2) is 8.56. The molecule has 0 spiro atoms. The summed E-state index contributed by atoms with van der Waals surface area (Å²) in [5.41, 5.74) is 1.86. The monoisotopic (exact) mass is 490 g/mol. The van der Waals surface area contributed by atoms with Gasteiger partial charge in [0.25, 0.3) is 0 Å². The number of rotatable bonds is 6. The normalized spacial score (nSPS) is 11.0. The Morgan fingerprint density at radius 1 is 1.28 bits per heavy atom. The Kier molecular flexibility index (Phi) is 5.89. The highest BCUT2D eigenvalue weighted by Gasteiger charge is 2.12. The molecular weight excluding hydrogens is 475 g/mol. The van der Waals surface area contributed by atoms with Gasteiger partial charge in [0.1, 0.15) is 16.6 Å². The van der Waals surface area contributed by atoms with E-state index < -0.39 is 0 Å². The first-order valence-corrected chi connectivity index (χ1v) is 11.3. The van der Waals surface area contributed by atoms with Gasteiger partial charge in [0, 0.05) is 34.2 Å². The van der Waals surface area contributed by atoms with Crippen LogP contribution in [-0.4, -0.2) is 20.4 Å². The van der Waals surface area contributed by atoms with Crippen LogP contribution in [0.4, 0.5) is 4.39 Å². The van der Waals surface area contributed by atoms with Crippen LogP contribution in [-0.2, 0) is 17.8 Å². The molecule has 0 atom stereocenters. The van der Waals surface area contributed by atoms with Gasteiger partial charge in [-0.1, -0.05) is 6.07 Å². The second-order valence-electron chi connectivity index (χ2n) is 6.36. The number of imidazole rings is 1. The lowest BCUT2D eigenvalue weighted by Crippen LogP contribution is -2.24. The third-order valence-corrected chi connectivity index (χ3v) is 7.01. The maximum absolute atomic E-state index is 14.5. The van der Waals surface area contributed by atoms with Gasteiger partial charge >= 0.3 is 0 Å². The van der Waals surface area contributed by atoms with E-state index in [2.05, 4.69) is 31.2 Å². The average Bonchev–Trinajstić information content (AvgIpc) is 3.42. The lowest BCUT2D eigenvalue weighted by atomic mass is 10.2. The molecule has 4 rings (SSSR count). The molecule has 3 heterocycles. The first-order chi connectivity index (χ1) is 14.0. The molecule has 0 saturated carbocycles. The number of nitrogens with zero attached hydrogens (tertiary/aromatic N) is 3. The van der Waals surface area contributed by atoms with E-state index in [-0.39, 0.29) is 24.7 Å². The molecule has 9 heteroatoms. The van der Waals surface area contributed by atoms with Crippen LogP contribution in [0, 0.1) is 12.7 Å². The molecule has 0 bridgehead atoms. The molecule has 5 nitrogen and oxygen atoms in total. The largest absolute Gasteiger partial charge is 0.352 e. The number of hydrogen-bond acceptors (Lipinski definition) is 5. The molecule has 0 radical (unpaired) electrons. The van der Waals surface area contributed by atoms with Crippen LogP contribution in [0.2, 0.25) is 0 Å². The molecule has 1 aromatic carbocycles. The Labute approximate surface area is 183 Å². The number of halogens is 2. The highest BCUT2D eigenvalue weighted by molar-refractivity contribution is 9.10. The van der Waals surface area contributed by atoms with Crippen molar-refractivity contribution in [2.75, 3.05) is 0 Å². The molecule has 0 aliphatic rings. The quantitative estimate of drug-likeness (QED) is 0.407. The molecule has 1 amide bonds. The summed E-state index contributed by atoms with van der Waals surface area (Å²) in [7, 11) is 0. The first-order valence-electron chi connectivity index (χ1n) is 8.74. The second-order valence-corrected chi connectivity index (χ2v) is 9.04. The Morgan fingerprint density at radius 2 is 2.14 bits per heavy atom.